The Morgan fingerprint density at radius 2 is 1.95 bits per heavy atom. The highest BCUT2D eigenvalue weighted by molar-refractivity contribution is 5.85. The number of nitrogens with one attached hydrogen (secondary N) is 1. The number of hydrogen-bond donors (Lipinski definition) is 1. The van der Waals surface area contributed by atoms with E-state index in [-0.39, 0.29) is 10.6 Å². The molecule has 0 radical (unpaired) electrons. The molecule has 20 heavy (non-hydrogen) atoms. The summed E-state index contributed by atoms with van der Waals surface area (Å²) in [6, 6.07) is 14.5. The average Bonchev–Trinajstić information content (AvgIpc) is 2.80. The molecular formula is C15H13N3O2. The average molecular weight is 267 g/mol. The Balaban J connectivity index is 1.99. The third-order valence-corrected chi connectivity index (χ3v) is 3.26. The highest BCUT2D eigenvalue weighted by atomic mass is 16.6. The van der Waals surface area contributed by atoms with Gasteiger partial charge in [0.15, 0.2) is 0 Å². The van der Waals surface area contributed by atoms with E-state index in [0.29, 0.717) is 5.69 Å². The number of fused-ring (bicyclic) bond motifs is 1. The summed E-state index contributed by atoms with van der Waals surface area (Å²) in [5.74, 6) is 0. The molecule has 0 unspecified atom stereocenters. The van der Waals surface area contributed by atoms with Gasteiger partial charge in [-0.15, -0.1) is 0 Å². The van der Waals surface area contributed by atoms with Crippen molar-refractivity contribution in [2.24, 2.45) is 7.05 Å². The number of aromatic nitrogens is 1. The van der Waals surface area contributed by atoms with Crippen LogP contribution >= 0.6 is 0 Å². The van der Waals surface area contributed by atoms with E-state index in [0.717, 1.165) is 16.6 Å². The van der Waals surface area contributed by atoms with Crippen LogP contribution in [0.25, 0.3) is 10.9 Å². The summed E-state index contributed by atoms with van der Waals surface area (Å²) < 4.78 is 2.03. The number of nitrogens with zero attached hydrogens (tertiary/aromatic N) is 2. The van der Waals surface area contributed by atoms with E-state index < -0.39 is 0 Å². The lowest BCUT2D eigenvalue weighted by atomic mass is 10.2. The van der Waals surface area contributed by atoms with Gasteiger partial charge >= 0.3 is 0 Å². The van der Waals surface area contributed by atoms with Crippen LogP contribution in [0.15, 0.2) is 54.7 Å². The first-order chi connectivity index (χ1) is 9.65. The predicted octanol–water partition coefficient (Wildman–Crippen LogP) is 3.83. The minimum atomic E-state index is -0.386. The van der Waals surface area contributed by atoms with Crippen molar-refractivity contribution < 1.29 is 4.92 Å². The fraction of sp³-hybridized carbons (Fsp3) is 0.0667. The predicted molar refractivity (Wildman–Crippen MR) is 79.3 cm³/mol. The normalized spacial score (nSPS) is 10.7. The molecule has 0 aliphatic carbocycles. The van der Waals surface area contributed by atoms with Crippen molar-refractivity contribution in [3.8, 4) is 0 Å². The van der Waals surface area contributed by atoms with Crippen molar-refractivity contribution in [3.05, 3.63) is 64.8 Å². The molecule has 0 amide bonds. The molecule has 100 valence electrons. The van der Waals surface area contributed by atoms with Gasteiger partial charge in [0, 0.05) is 35.9 Å². The number of nitro benzene ring substituents is 1. The van der Waals surface area contributed by atoms with Crippen molar-refractivity contribution in [1.29, 1.82) is 0 Å². The summed E-state index contributed by atoms with van der Waals surface area (Å²) in [6.07, 6.45) is 1.99. The maximum atomic E-state index is 11.0. The summed E-state index contributed by atoms with van der Waals surface area (Å²) in [4.78, 5) is 10.6. The lowest BCUT2D eigenvalue weighted by Gasteiger charge is -2.07. The van der Waals surface area contributed by atoms with Crippen LogP contribution in [0.4, 0.5) is 17.1 Å². The summed E-state index contributed by atoms with van der Waals surface area (Å²) in [7, 11) is 1.98. The van der Waals surface area contributed by atoms with E-state index >= 15 is 0 Å². The van der Waals surface area contributed by atoms with Gasteiger partial charge in [-0.2, -0.15) is 0 Å². The number of anilines is 2. The molecule has 3 rings (SSSR count). The van der Waals surface area contributed by atoms with E-state index in [9.17, 15) is 10.1 Å². The first-order valence-electron chi connectivity index (χ1n) is 6.21. The van der Waals surface area contributed by atoms with Gasteiger partial charge in [-0.05, 0) is 30.3 Å². The molecule has 3 aromatic rings. The number of benzene rings is 2. The third kappa shape index (κ3) is 2.09. The Morgan fingerprint density at radius 3 is 2.75 bits per heavy atom. The highest BCUT2D eigenvalue weighted by Crippen LogP contribution is 2.28. The summed E-state index contributed by atoms with van der Waals surface area (Å²) >= 11 is 0. The second-order valence-electron chi connectivity index (χ2n) is 4.60. The molecule has 0 spiro atoms. The monoisotopic (exact) mass is 267 g/mol. The Morgan fingerprint density at radius 1 is 1.15 bits per heavy atom. The van der Waals surface area contributed by atoms with E-state index in [1.54, 1.807) is 18.2 Å². The summed E-state index contributed by atoms with van der Waals surface area (Å²) in [5, 5.41) is 15.2. The maximum absolute atomic E-state index is 11.0. The number of para-hydroxylation sites is 2. The van der Waals surface area contributed by atoms with Crippen LogP contribution in [0, 0.1) is 10.1 Å². The van der Waals surface area contributed by atoms with E-state index in [1.807, 2.05) is 42.1 Å². The van der Waals surface area contributed by atoms with Gasteiger partial charge in [-0.1, -0.05) is 12.1 Å². The molecule has 5 heteroatoms. The minimum absolute atomic E-state index is 0.0701. The van der Waals surface area contributed by atoms with Crippen molar-refractivity contribution in [2.45, 2.75) is 0 Å². The smallest absolute Gasteiger partial charge is 0.292 e. The molecule has 5 nitrogen and oxygen atoms in total. The maximum Gasteiger partial charge on any atom is 0.292 e. The lowest BCUT2D eigenvalue weighted by molar-refractivity contribution is -0.383. The van der Waals surface area contributed by atoms with Crippen molar-refractivity contribution in [1.82, 2.24) is 4.57 Å². The van der Waals surface area contributed by atoms with E-state index in [4.69, 9.17) is 0 Å². The van der Waals surface area contributed by atoms with Gasteiger partial charge < -0.3 is 9.88 Å². The zero-order valence-corrected chi connectivity index (χ0v) is 10.9. The number of rotatable bonds is 3. The molecule has 1 heterocycles. The fourth-order valence-corrected chi connectivity index (χ4v) is 2.25. The van der Waals surface area contributed by atoms with Gasteiger partial charge in [-0.25, -0.2) is 0 Å². The first kappa shape index (κ1) is 12.2. The van der Waals surface area contributed by atoms with Crippen molar-refractivity contribution in [2.75, 3.05) is 5.32 Å². The molecule has 1 aromatic heterocycles. The zero-order chi connectivity index (χ0) is 14.1. The number of aryl methyl sites for hydroxylation is 1. The highest BCUT2D eigenvalue weighted by Gasteiger charge is 2.12. The van der Waals surface area contributed by atoms with Gasteiger partial charge in [0.2, 0.25) is 0 Å². The molecule has 0 saturated carbocycles. The van der Waals surface area contributed by atoms with Gasteiger partial charge in [-0.3, -0.25) is 10.1 Å². The van der Waals surface area contributed by atoms with Crippen LogP contribution in [0.2, 0.25) is 0 Å². The fourth-order valence-electron chi connectivity index (χ4n) is 2.25. The minimum Gasteiger partial charge on any atom is -0.351 e. The second kappa shape index (κ2) is 4.70. The van der Waals surface area contributed by atoms with Gasteiger partial charge in [0.05, 0.1) is 4.92 Å². The van der Waals surface area contributed by atoms with Crippen LogP contribution in [0.5, 0.6) is 0 Å². The zero-order valence-electron chi connectivity index (χ0n) is 10.9. The molecule has 1 N–H and O–H groups in total. The topological polar surface area (TPSA) is 60.1 Å². The summed E-state index contributed by atoms with van der Waals surface area (Å²) in [6.45, 7) is 0. The van der Waals surface area contributed by atoms with Crippen LogP contribution in [0.3, 0.4) is 0 Å². The van der Waals surface area contributed by atoms with Gasteiger partial charge in [0.1, 0.15) is 5.69 Å². The summed E-state index contributed by atoms with van der Waals surface area (Å²) in [5.41, 5.74) is 2.52. The molecule has 0 fully saturated rings. The van der Waals surface area contributed by atoms with Crippen molar-refractivity contribution >= 4 is 28.0 Å². The molecule has 0 atom stereocenters. The molecule has 0 aliphatic rings. The van der Waals surface area contributed by atoms with E-state index in [2.05, 4.69) is 5.32 Å². The largest absolute Gasteiger partial charge is 0.351 e. The molecule has 2 aromatic carbocycles. The van der Waals surface area contributed by atoms with Crippen molar-refractivity contribution in [3.63, 3.8) is 0 Å². The van der Waals surface area contributed by atoms with Crippen LogP contribution in [-0.2, 0) is 7.05 Å². The second-order valence-corrected chi connectivity index (χ2v) is 4.60. The third-order valence-electron chi connectivity index (χ3n) is 3.26. The Hall–Kier alpha value is -2.82. The number of nitro groups is 1. The first-order valence-corrected chi connectivity index (χ1v) is 6.21. The van der Waals surface area contributed by atoms with Crippen LogP contribution in [-0.4, -0.2) is 9.49 Å². The Bertz CT molecular complexity index is 793. The van der Waals surface area contributed by atoms with E-state index in [1.165, 1.54) is 6.07 Å². The lowest BCUT2D eigenvalue weighted by Crippen LogP contribution is -1.96. The van der Waals surface area contributed by atoms with Gasteiger partial charge in [0.25, 0.3) is 5.69 Å². The Labute approximate surface area is 115 Å². The standard InChI is InChI=1S/C15H13N3O2/c1-17-9-8-11-10-12(6-7-14(11)17)16-13-4-2-3-5-15(13)18(19)20/h2-10,16H,1H3. The van der Waals surface area contributed by atoms with Crippen LogP contribution < -0.4 is 5.32 Å². The molecule has 0 saturated heterocycles. The SMILES string of the molecule is Cn1ccc2cc(Nc3ccccc3[N+](=O)[O-])ccc21. The Kier molecular flexibility index (Phi) is 2.87. The van der Waals surface area contributed by atoms with Crippen LogP contribution in [0.1, 0.15) is 0 Å². The quantitative estimate of drug-likeness (QED) is 0.579. The molecular weight excluding hydrogens is 254 g/mol. The number of hydrogen-bond acceptors (Lipinski definition) is 3. The molecule has 0 aliphatic heterocycles. The molecule has 0 bridgehead atoms.